The largest absolute Gasteiger partial charge is 0.497 e. The molecule has 0 unspecified atom stereocenters. The van der Waals surface area contributed by atoms with E-state index in [4.69, 9.17) is 14.2 Å². The van der Waals surface area contributed by atoms with Gasteiger partial charge in [-0.2, -0.15) is 0 Å². The van der Waals surface area contributed by atoms with Crippen LogP contribution in [0.15, 0.2) is 24.3 Å². The van der Waals surface area contributed by atoms with Crippen LogP contribution in [0.3, 0.4) is 0 Å². The molecule has 128 valence electrons. The number of rotatable bonds is 5. The van der Waals surface area contributed by atoms with Crippen molar-refractivity contribution in [1.29, 1.82) is 0 Å². The van der Waals surface area contributed by atoms with Crippen LogP contribution in [0.1, 0.15) is 18.9 Å². The number of pyridine rings is 1. The number of hydrogen-bond acceptors (Lipinski definition) is 5. The normalized spacial score (nSPS) is 17.4. The van der Waals surface area contributed by atoms with Crippen LogP contribution < -0.4 is 9.47 Å². The minimum Gasteiger partial charge on any atom is -0.497 e. The first-order valence-electron chi connectivity index (χ1n) is 8.08. The predicted molar refractivity (Wildman–Crippen MR) is 90.3 cm³/mol. The van der Waals surface area contributed by atoms with E-state index < -0.39 is 6.10 Å². The van der Waals surface area contributed by atoms with Crippen molar-refractivity contribution in [2.45, 2.75) is 26.0 Å². The maximum absolute atomic E-state index is 12.6. The highest BCUT2D eigenvalue weighted by Crippen LogP contribution is 2.30. The lowest BCUT2D eigenvalue weighted by atomic mass is 10.1. The van der Waals surface area contributed by atoms with Gasteiger partial charge in [0.25, 0.3) is 5.91 Å². The van der Waals surface area contributed by atoms with Gasteiger partial charge in [-0.25, -0.2) is 4.98 Å². The van der Waals surface area contributed by atoms with Crippen molar-refractivity contribution < 1.29 is 19.0 Å². The summed E-state index contributed by atoms with van der Waals surface area (Å²) in [6.45, 7) is 3.43. The van der Waals surface area contributed by atoms with Gasteiger partial charge >= 0.3 is 0 Å². The van der Waals surface area contributed by atoms with Crippen LogP contribution in [0.2, 0.25) is 0 Å². The number of carbonyl (C=O) groups excluding carboxylic acids is 1. The molecule has 1 atom stereocenters. The Morgan fingerprint density at radius 1 is 1.33 bits per heavy atom. The van der Waals surface area contributed by atoms with Crippen molar-refractivity contribution in [3.63, 3.8) is 0 Å². The van der Waals surface area contributed by atoms with Gasteiger partial charge in [-0.15, -0.1) is 0 Å². The van der Waals surface area contributed by atoms with Gasteiger partial charge in [0.1, 0.15) is 5.75 Å². The molecule has 0 N–H and O–H groups in total. The zero-order chi connectivity index (χ0) is 17.1. The zero-order valence-corrected chi connectivity index (χ0v) is 14.2. The predicted octanol–water partition coefficient (Wildman–Crippen LogP) is 2.39. The Morgan fingerprint density at radius 3 is 2.88 bits per heavy atom. The van der Waals surface area contributed by atoms with Gasteiger partial charge in [0, 0.05) is 24.6 Å². The smallest absolute Gasteiger partial charge is 0.264 e. The van der Waals surface area contributed by atoms with E-state index in [1.807, 2.05) is 31.2 Å². The Morgan fingerprint density at radius 2 is 2.17 bits per heavy atom. The summed E-state index contributed by atoms with van der Waals surface area (Å²) >= 11 is 0. The van der Waals surface area contributed by atoms with Crippen LogP contribution in [0.25, 0.3) is 10.9 Å². The molecule has 24 heavy (non-hydrogen) atoms. The highest BCUT2D eigenvalue weighted by atomic mass is 16.5. The molecule has 3 rings (SSSR count). The molecule has 0 bridgehead atoms. The number of nitrogens with zero attached hydrogens (tertiary/aromatic N) is 2. The first-order chi connectivity index (χ1) is 11.7. The summed E-state index contributed by atoms with van der Waals surface area (Å²) in [5.41, 5.74) is 1.72. The molecule has 6 heteroatoms. The average Bonchev–Trinajstić information content (AvgIpc) is 2.74. The van der Waals surface area contributed by atoms with E-state index in [1.165, 1.54) is 0 Å². The first-order valence-corrected chi connectivity index (χ1v) is 8.08. The van der Waals surface area contributed by atoms with Crippen molar-refractivity contribution in [1.82, 2.24) is 9.88 Å². The molecule has 2 heterocycles. The minimum atomic E-state index is -0.508. The third kappa shape index (κ3) is 3.14. The maximum atomic E-state index is 12.6. The number of aromatic nitrogens is 1. The second kappa shape index (κ2) is 7.05. The second-order valence-electron chi connectivity index (χ2n) is 5.78. The number of methoxy groups -OCH3 is 2. The van der Waals surface area contributed by atoms with Crippen molar-refractivity contribution in [3.8, 4) is 11.6 Å². The lowest BCUT2D eigenvalue weighted by molar-refractivity contribution is -0.139. The summed E-state index contributed by atoms with van der Waals surface area (Å²) < 4.78 is 16.3. The minimum absolute atomic E-state index is 0.0193. The molecular weight excluding hydrogens is 308 g/mol. The van der Waals surface area contributed by atoms with E-state index in [0.717, 1.165) is 22.2 Å². The van der Waals surface area contributed by atoms with Crippen molar-refractivity contribution >= 4 is 16.8 Å². The summed E-state index contributed by atoms with van der Waals surface area (Å²) in [6.07, 6.45) is 0.0932. The number of carbonyl (C=O) groups is 1. The van der Waals surface area contributed by atoms with Crippen LogP contribution in [0.4, 0.5) is 0 Å². The third-order valence-electron chi connectivity index (χ3n) is 4.20. The maximum Gasteiger partial charge on any atom is 0.264 e. The Balaban J connectivity index is 2.03. The molecule has 0 radical (unpaired) electrons. The lowest BCUT2D eigenvalue weighted by Crippen LogP contribution is -2.40. The Bertz CT molecular complexity index is 747. The standard InChI is InChI=1S/C18H22N2O4/c1-4-16-18(21)20(7-8-22-2)11-13-9-12-10-14(23-3)5-6-15(12)19-17(13)24-16/h5-6,9-10,16H,4,7-8,11H2,1-3H3/t16-/m0/s1. The summed E-state index contributed by atoms with van der Waals surface area (Å²) in [5, 5.41) is 0.964. The van der Waals surface area contributed by atoms with E-state index >= 15 is 0 Å². The van der Waals surface area contributed by atoms with Crippen LogP contribution in [0, 0.1) is 0 Å². The molecule has 0 saturated carbocycles. The van der Waals surface area contributed by atoms with Crippen LogP contribution >= 0.6 is 0 Å². The summed E-state index contributed by atoms with van der Waals surface area (Å²) in [7, 11) is 3.27. The number of fused-ring (bicyclic) bond motifs is 2. The van der Waals surface area contributed by atoms with E-state index in [-0.39, 0.29) is 5.91 Å². The summed E-state index contributed by atoms with van der Waals surface area (Å²) in [5.74, 6) is 1.29. The molecule has 1 aliphatic rings. The molecule has 1 aromatic carbocycles. The Hall–Kier alpha value is -2.34. The second-order valence-corrected chi connectivity index (χ2v) is 5.78. The van der Waals surface area contributed by atoms with Gasteiger partial charge < -0.3 is 19.1 Å². The van der Waals surface area contributed by atoms with E-state index in [9.17, 15) is 4.79 Å². The third-order valence-corrected chi connectivity index (χ3v) is 4.20. The van der Waals surface area contributed by atoms with Crippen molar-refractivity contribution in [3.05, 3.63) is 29.8 Å². The highest BCUT2D eigenvalue weighted by Gasteiger charge is 2.30. The molecule has 6 nitrogen and oxygen atoms in total. The van der Waals surface area contributed by atoms with E-state index in [1.54, 1.807) is 19.1 Å². The fourth-order valence-corrected chi connectivity index (χ4v) is 2.84. The molecule has 0 fully saturated rings. The van der Waals surface area contributed by atoms with Crippen LogP contribution in [0.5, 0.6) is 11.6 Å². The quantitative estimate of drug-likeness (QED) is 0.842. The Labute approximate surface area is 141 Å². The monoisotopic (exact) mass is 330 g/mol. The molecule has 1 aromatic heterocycles. The zero-order valence-electron chi connectivity index (χ0n) is 14.2. The number of ether oxygens (including phenoxy) is 3. The summed E-state index contributed by atoms with van der Waals surface area (Å²) in [6, 6.07) is 7.72. The van der Waals surface area contributed by atoms with Gasteiger partial charge in [-0.05, 0) is 30.7 Å². The van der Waals surface area contributed by atoms with Crippen molar-refractivity contribution in [2.75, 3.05) is 27.4 Å². The fourth-order valence-electron chi connectivity index (χ4n) is 2.84. The highest BCUT2D eigenvalue weighted by molar-refractivity contribution is 5.84. The topological polar surface area (TPSA) is 60.9 Å². The Kier molecular flexibility index (Phi) is 4.85. The van der Waals surface area contributed by atoms with Gasteiger partial charge in [-0.1, -0.05) is 6.92 Å². The van der Waals surface area contributed by atoms with E-state index in [2.05, 4.69) is 4.98 Å². The first kappa shape index (κ1) is 16.5. The molecule has 1 amide bonds. The van der Waals surface area contributed by atoms with Gasteiger partial charge in [0.2, 0.25) is 5.88 Å². The average molecular weight is 330 g/mol. The molecule has 0 aliphatic carbocycles. The van der Waals surface area contributed by atoms with E-state index in [0.29, 0.717) is 32.0 Å². The fraction of sp³-hybridized carbons (Fsp3) is 0.444. The van der Waals surface area contributed by atoms with Crippen molar-refractivity contribution in [2.24, 2.45) is 0 Å². The van der Waals surface area contributed by atoms with Gasteiger partial charge in [-0.3, -0.25) is 4.79 Å². The SMILES string of the molecule is CC[C@@H]1Oc2nc3ccc(OC)cc3cc2CN(CCOC)C1=O. The molecule has 0 spiro atoms. The molecule has 2 aromatic rings. The molecule has 0 saturated heterocycles. The van der Waals surface area contributed by atoms with Crippen LogP contribution in [-0.2, 0) is 16.1 Å². The number of hydrogen-bond donors (Lipinski definition) is 0. The number of benzene rings is 1. The summed E-state index contributed by atoms with van der Waals surface area (Å²) in [4.78, 5) is 19.0. The number of amides is 1. The lowest BCUT2D eigenvalue weighted by Gasteiger charge is -2.22. The molecule has 1 aliphatic heterocycles. The van der Waals surface area contributed by atoms with Gasteiger partial charge in [0.05, 0.1) is 25.8 Å². The van der Waals surface area contributed by atoms with Gasteiger partial charge in [0.15, 0.2) is 6.10 Å². The van der Waals surface area contributed by atoms with Crippen LogP contribution in [-0.4, -0.2) is 49.3 Å². The molecular formula is C18H22N2O4.